The number of nitrogens with zero attached hydrogens (tertiary/aromatic N) is 2. The molecule has 5 rings (SSSR count). The quantitative estimate of drug-likeness (QED) is 0.424. The summed E-state index contributed by atoms with van der Waals surface area (Å²) >= 11 is 1.66. The number of nitrogens with one attached hydrogen (secondary N) is 2. The normalized spacial score (nSPS) is 13.9. The molecule has 4 aromatic heterocycles. The predicted octanol–water partition coefficient (Wildman–Crippen LogP) is 5.46. The number of furan rings is 1. The van der Waals surface area contributed by atoms with Gasteiger partial charge in [-0.15, -0.1) is 11.3 Å². The van der Waals surface area contributed by atoms with Gasteiger partial charge in [-0.05, 0) is 67.6 Å². The second-order valence-electron chi connectivity index (χ2n) is 7.43. The summed E-state index contributed by atoms with van der Waals surface area (Å²) < 4.78 is 5.30. The smallest absolute Gasteiger partial charge is 0.291 e. The highest BCUT2D eigenvalue weighted by Crippen LogP contribution is 2.44. The summed E-state index contributed by atoms with van der Waals surface area (Å²) in [5.41, 5.74) is 3.27. The van der Waals surface area contributed by atoms with Crippen LogP contribution in [0, 0.1) is 0 Å². The first kappa shape index (κ1) is 19.5. The molecule has 1 aliphatic rings. The number of carbonyl (C=O) groups excluding carboxylic acids is 1. The average Bonchev–Trinajstić information content (AvgIpc) is 3.47. The molecule has 0 unspecified atom stereocenters. The minimum Gasteiger partial charge on any atom is -0.459 e. The van der Waals surface area contributed by atoms with Gasteiger partial charge in [0.15, 0.2) is 5.76 Å². The van der Waals surface area contributed by atoms with E-state index in [2.05, 4.69) is 20.6 Å². The van der Waals surface area contributed by atoms with Crippen LogP contribution in [0.25, 0.3) is 0 Å². The maximum absolute atomic E-state index is 12.8. The monoisotopic (exact) mass is 430 g/mol. The van der Waals surface area contributed by atoms with Gasteiger partial charge in [-0.2, -0.15) is 0 Å². The molecule has 156 valence electrons. The van der Waals surface area contributed by atoms with Gasteiger partial charge < -0.3 is 15.1 Å². The standard InChI is InChI=1S/C24H22N4O2S/c29-23(18-10-7-15-30-18)28-24-21(16-8-1-2-11-19(16)31-24)22(17-9-3-5-13-25-17)27-20-12-4-6-14-26-20/h3-7,9-10,12-15,22H,1-2,8,11H2,(H,26,27)(H,28,29)/t22-/m1/s1. The molecule has 0 aliphatic heterocycles. The number of hydrogen-bond acceptors (Lipinski definition) is 6. The molecule has 4 heterocycles. The third kappa shape index (κ3) is 4.09. The lowest BCUT2D eigenvalue weighted by atomic mass is 9.91. The van der Waals surface area contributed by atoms with Crippen molar-refractivity contribution < 1.29 is 9.21 Å². The number of amides is 1. The first-order valence-electron chi connectivity index (χ1n) is 10.4. The van der Waals surface area contributed by atoms with Crippen molar-refractivity contribution in [1.82, 2.24) is 9.97 Å². The number of thiophene rings is 1. The number of carbonyl (C=O) groups is 1. The van der Waals surface area contributed by atoms with Gasteiger partial charge in [0.05, 0.1) is 18.0 Å². The number of hydrogen-bond donors (Lipinski definition) is 2. The molecular weight excluding hydrogens is 408 g/mol. The number of rotatable bonds is 6. The lowest BCUT2D eigenvalue weighted by molar-refractivity contribution is 0.0997. The second kappa shape index (κ2) is 8.73. The van der Waals surface area contributed by atoms with Crippen molar-refractivity contribution in [3.63, 3.8) is 0 Å². The zero-order chi connectivity index (χ0) is 21.0. The Labute approximate surface area is 184 Å². The summed E-state index contributed by atoms with van der Waals surface area (Å²) in [6, 6.07) is 14.8. The number of pyridine rings is 2. The molecular formula is C24H22N4O2S. The molecule has 0 spiro atoms. The second-order valence-corrected chi connectivity index (χ2v) is 8.54. The Kier molecular flexibility index (Phi) is 5.50. The van der Waals surface area contributed by atoms with Crippen molar-refractivity contribution in [2.45, 2.75) is 31.7 Å². The minimum absolute atomic E-state index is 0.235. The molecule has 1 amide bonds. The molecule has 2 N–H and O–H groups in total. The largest absolute Gasteiger partial charge is 0.459 e. The van der Waals surface area contributed by atoms with Crippen molar-refractivity contribution in [2.24, 2.45) is 0 Å². The molecule has 4 aromatic rings. The van der Waals surface area contributed by atoms with E-state index >= 15 is 0 Å². The summed E-state index contributed by atoms with van der Waals surface area (Å²) in [5.74, 6) is 0.809. The maximum atomic E-state index is 12.8. The molecule has 0 bridgehead atoms. The zero-order valence-electron chi connectivity index (χ0n) is 16.9. The third-order valence-corrected chi connectivity index (χ3v) is 6.64. The van der Waals surface area contributed by atoms with E-state index < -0.39 is 0 Å². The van der Waals surface area contributed by atoms with E-state index in [0.29, 0.717) is 5.76 Å². The van der Waals surface area contributed by atoms with Crippen molar-refractivity contribution in [2.75, 3.05) is 10.6 Å². The molecule has 31 heavy (non-hydrogen) atoms. The number of aryl methyl sites for hydroxylation is 1. The molecule has 0 saturated heterocycles. The molecule has 0 saturated carbocycles. The molecule has 0 aromatic carbocycles. The zero-order valence-corrected chi connectivity index (χ0v) is 17.7. The van der Waals surface area contributed by atoms with Crippen LogP contribution < -0.4 is 10.6 Å². The van der Waals surface area contributed by atoms with Gasteiger partial charge in [-0.3, -0.25) is 9.78 Å². The Bertz CT molecular complexity index is 1160. The Balaban J connectivity index is 1.60. The van der Waals surface area contributed by atoms with Crippen LogP contribution in [0.3, 0.4) is 0 Å². The van der Waals surface area contributed by atoms with E-state index in [9.17, 15) is 4.79 Å². The summed E-state index contributed by atoms with van der Waals surface area (Å²) in [7, 11) is 0. The minimum atomic E-state index is -0.248. The van der Waals surface area contributed by atoms with Crippen molar-refractivity contribution in [3.05, 3.63) is 94.6 Å². The van der Waals surface area contributed by atoms with Gasteiger partial charge in [0.1, 0.15) is 10.8 Å². The molecule has 7 heteroatoms. The molecule has 0 radical (unpaired) electrons. The summed E-state index contributed by atoms with van der Waals surface area (Å²) in [5, 5.41) is 7.50. The van der Waals surface area contributed by atoms with E-state index in [-0.39, 0.29) is 11.9 Å². The summed E-state index contributed by atoms with van der Waals surface area (Å²) in [6.07, 6.45) is 9.39. The van der Waals surface area contributed by atoms with Crippen molar-refractivity contribution in [1.29, 1.82) is 0 Å². The van der Waals surface area contributed by atoms with E-state index in [0.717, 1.165) is 41.3 Å². The highest BCUT2D eigenvalue weighted by Gasteiger charge is 2.29. The van der Waals surface area contributed by atoms with Crippen LogP contribution in [0.1, 0.15) is 51.1 Å². The number of fused-ring (bicyclic) bond motifs is 1. The van der Waals surface area contributed by atoms with E-state index in [4.69, 9.17) is 4.42 Å². The van der Waals surface area contributed by atoms with Gasteiger partial charge in [0, 0.05) is 22.8 Å². The van der Waals surface area contributed by atoms with Gasteiger partial charge in [-0.25, -0.2) is 4.98 Å². The van der Waals surface area contributed by atoms with E-state index in [1.807, 2.05) is 36.4 Å². The average molecular weight is 431 g/mol. The van der Waals surface area contributed by atoms with Gasteiger partial charge >= 0.3 is 0 Å². The van der Waals surface area contributed by atoms with Crippen LogP contribution in [0.5, 0.6) is 0 Å². The molecule has 1 aliphatic carbocycles. The molecule has 1 atom stereocenters. The maximum Gasteiger partial charge on any atom is 0.291 e. The lowest BCUT2D eigenvalue weighted by Crippen LogP contribution is -2.19. The topological polar surface area (TPSA) is 80.0 Å². The van der Waals surface area contributed by atoms with Crippen LogP contribution in [0.15, 0.2) is 71.6 Å². The highest BCUT2D eigenvalue weighted by molar-refractivity contribution is 7.16. The lowest BCUT2D eigenvalue weighted by Gasteiger charge is -2.23. The molecule has 6 nitrogen and oxygen atoms in total. The number of aromatic nitrogens is 2. The summed E-state index contributed by atoms with van der Waals surface area (Å²) in [4.78, 5) is 23.2. The first-order chi connectivity index (χ1) is 15.3. The summed E-state index contributed by atoms with van der Waals surface area (Å²) in [6.45, 7) is 0. The molecule has 0 fully saturated rings. The van der Waals surface area contributed by atoms with Crippen LogP contribution in [-0.4, -0.2) is 15.9 Å². The fraction of sp³-hybridized carbons (Fsp3) is 0.208. The number of anilines is 2. The fourth-order valence-electron chi connectivity index (χ4n) is 4.00. The van der Waals surface area contributed by atoms with Gasteiger partial charge in [0.25, 0.3) is 5.91 Å². The Morgan fingerprint density at radius 3 is 2.58 bits per heavy atom. The Morgan fingerprint density at radius 2 is 1.84 bits per heavy atom. The highest BCUT2D eigenvalue weighted by atomic mass is 32.1. The Hall–Kier alpha value is -3.45. The van der Waals surface area contributed by atoms with Crippen molar-refractivity contribution >= 4 is 28.1 Å². The van der Waals surface area contributed by atoms with Gasteiger partial charge in [-0.1, -0.05) is 12.1 Å². The predicted molar refractivity (Wildman–Crippen MR) is 122 cm³/mol. The van der Waals surface area contributed by atoms with Crippen LogP contribution >= 0.6 is 11.3 Å². The van der Waals surface area contributed by atoms with Gasteiger partial charge in [0.2, 0.25) is 0 Å². The van der Waals surface area contributed by atoms with Crippen LogP contribution in [0.4, 0.5) is 10.8 Å². The van der Waals surface area contributed by atoms with E-state index in [1.165, 1.54) is 23.1 Å². The van der Waals surface area contributed by atoms with Crippen molar-refractivity contribution in [3.8, 4) is 0 Å². The van der Waals surface area contributed by atoms with Crippen LogP contribution in [0.2, 0.25) is 0 Å². The fourth-order valence-corrected chi connectivity index (χ4v) is 5.32. The Morgan fingerprint density at radius 1 is 1.00 bits per heavy atom. The van der Waals surface area contributed by atoms with E-state index in [1.54, 1.807) is 35.9 Å². The third-order valence-electron chi connectivity index (χ3n) is 5.41. The SMILES string of the molecule is O=C(Nc1sc2c(c1[C@H](Nc1ccccn1)c1ccccn1)CCCC2)c1ccco1. The first-order valence-corrected chi connectivity index (χ1v) is 11.2. The van der Waals surface area contributed by atoms with Crippen LogP contribution in [-0.2, 0) is 12.8 Å².